The van der Waals surface area contributed by atoms with Crippen molar-refractivity contribution >= 4 is 88.7 Å². The van der Waals surface area contributed by atoms with Crippen LogP contribution in [0, 0.1) is 0 Å². The predicted octanol–water partition coefficient (Wildman–Crippen LogP) is 1.26. The van der Waals surface area contributed by atoms with Crippen molar-refractivity contribution in [2.24, 2.45) is 0 Å². The summed E-state index contributed by atoms with van der Waals surface area (Å²) in [6.07, 6.45) is 0. The van der Waals surface area contributed by atoms with E-state index >= 15 is 0 Å². The Labute approximate surface area is 126 Å². The van der Waals surface area contributed by atoms with E-state index in [2.05, 4.69) is 39.5 Å². The average molecular weight is 153 g/mol. The summed E-state index contributed by atoms with van der Waals surface area (Å²) in [5.74, 6) is 0. The number of hydrogen-bond donors (Lipinski definition) is 0. The Bertz CT molecular complexity index is 13.0. The molecule has 0 aromatic carbocycles. The molecule has 0 aromatic heterocycles. The molecule has 0 aromatic rings. The maximum atomic E-state index is 3.00. The van der Waals surface area contributed by atoms with Gasteiger partial charge >= 0.3 is 0 Å². The molecule has 0 saturated heterocycles. The van der Waals surface area contributed by atoms with Crippen molar-refractivity contribution in [2.75, 3.05) is 0 Å². The van der Waals surface area contributed by atoms with E-state index in [0.29, 0.717) is 0 Å². The van der Waals surface area contributed by atoms with Gasteiger partial charge in [-0.1, -0.05) is 0 Å². The van der Waals surface area contributed by atoms with E-state index in [9.17, 15) is 0 Å². The summed E-state index contributed by atoms with van der Waals surface area (Å²) >= 11 is 0. The van der Waals surface area contributed by atoms with Crippen molar-refractivity contribution in [3.05, 3.63) is 39.5 Å². The van der Waals surface area contributed by atoms with E-state index < -0.39 is 0 Å². The molecule has 0 saturated carbocycles. The van der Waals surface area contributed by atoms with Crippen LogP contribution in [0.4, 0.5) is 0 Å². The van der Waals surface area contributed by atoms with E-state index in [1.807, 2.05) is 0 Å². The minimum atomic E-state index is 0. The van der Waals surface area contributed by atoms with Gasteiger partial charge in [0.05, 0.1) is 0 Å². The molecule has 0 heterocycles. The molecule has 0 fully saturated rings. The van der Waals surface area contributed by atoms with Gasteiger partial charge in [0.2, 0.25) is 0 Å². The smallest absolute Gasteiger partial charge is 0 e. The van der Waals surface area contributed by atoms with Crippen molar-refractivity contribution in [3.8, 4) is 0 Å². The van der Waals surface area contributed by atoms with E-state index in [4.69, 9.17) is 0 Å². The van der Waals surface area contributed by atoms with Crippen LogP contribution >= 0.6 is 0 Å². The van der Waals surface area contributed by atoms with E-state index in [-0.39, 0.29) is 88.7 Å². The van der Waals surface area contributed by atoms with Gasteiger partial charge in [0.15, 0.2) is 0 Å². The van der Waals surface area contributed by atoms with E-state index in [1.165, 1.54) is 0 Å². The first-order chi connectivity index (χ1) is 3.00. The molecule has 3 radical (unpaired) electrons. The third-order valence-electron chi connectivity index (χ3n) is 0. The minimum absolute atomic E-state index is 0. The Balaban J connectivity index is -0.00000000321. The fourth-order valence-corrected chi connectivity index (χ4v) is 0. The maximum absolute atomic E-state index is 3.00. The summed E-state index contributed by atoms with van der Waals surface area (Å²) in [5, 5.41) is 0. The van der Waals surface area contributed by atoms with Crippen LogP contribution in [0.15, 0.2) is 39.5 Å². The molecule has 9 heavy (non-hydrogen) atoms. The van der Waals surface area contributed by atoms with Gasteiger partial charge in [0.1, 0.15) is 0 Å². The number of hydrogen-bond acceptors (Lipinski definition) is 0. The molecular weight excluding hydrogens is 141 g/mol. The average Bonchev–Trinajstić information content (AvgIpc) is 1.81. The van der Waals surface area contributed by atoms with Gasteiger partial charge in [-0.3, -0.25) is 0 Å². The third-order valence-corrected chi connectivity index (χ3v) is 0. The molecule has 0 aliphatic carbocycles. The normalized spacial score (nSPS) is 1.33. The van der Waals surface area contributed by atoms with Crippen LogP contribution in [0.25, 0.3) is 0 Å². The summed E-state index contributed by atoms with van der Waals surface area (Å²) in [6, 6.07) is 0. The Morgan fingerprint density at radius 2 is 0.333 bits per heavy atom. The van der Waals surface area contributed by atoms with Crippen LogP contribution in [-0.2, 0) is 0 Å². The van der Waals surface area contributed by atoms with Crippen LogP contribution in [0.2, 0.25) is 0 Å². The second kappa shape index (κ2) is 176. The van der Waals surface area contributed by atoms with Crippen LogP contribution in [-0.4, -0.2) is 88.7 Å². The zero-order chi connectivity index (χ0) is 6.00. The molecule has 0 atom stereocenters. The Hall–Kier alpha value is 2.22. The largest absolute Gasteiger partial charge is 0.106 e. The third kappa shape index (κ3) is 140. The van der Waals surface area contributed by atoms with Gasteiger partial charge < -0.3 is 0 Å². The van der Waals surface area contributed by atoms with Crippen molar-refractivity contribution in [3.63, 3.8) is 0 Å². The maximum Gasteiger partial charge on any atom is 0 e. The molecule has 3 heteroatoms. The second-order valence-corrected chi connectivity index (χ2v) is 0. The van der Waals surface area contributed by atoms with Crippen LogP contribution in [0.3, 0.4) is 0 Å². The molecule has 0 N–H and O–H groups in total. The fourth-order valence-electron chi connectivity index (χ4n) is 0. The van der Waals surface area contributed by atoms with E-state index in [1.54, 1.807) is 0 Å². The first kappa shape index (κ1) is 43.0. The molecule has 0 bridgehead atoms. The van der Waals surface area contributed by atoms with Gasteiger partial charge in [-0.25, -0.2) is 0 Å². The number of rotatable bonds is 0. The summed E-state index contributed by atoms with van der Waals surface area (Å²) in [5.41, 5.74) is 0. The van der Waals surface area contributed by atoms with Crippen LogP contribution < -0.4 is 0 Å². The standard InChI is InChI=1S/3C2H4.3Na/c3*1-2;;;/h3*1-2H2;;;. The molecule has 0 spiro atoms. The molecule has 0 nitrogen and oxygen atoms in total. The molecule has 39 valence electrons. The van der Waals surface area contributed by atoms with Crippen molar-refractivity contribution in [2.45, 2.75) is 0 Å². The molecule has 0 rings (SSSR count). The fraction of sp³-hybridized carbons (Fsp3) is 0. The molecule has 0 aliphatic heterocycles. The monoisotopic (exact) mass is 153 g/mol. The van der Waals surface area contributed by atoms with E-state index in [0.717, 1.165) is 0 Å². The first-order valence-electron chi connectivity index (χ1n) is 1.50. The second-order valence-electron chi connectivity index (χ2n) is 0. The minimum Gasteiger partial charge on any atom is -0.106 e. The summed E-state index contributed by atoms with van der Waals surface area (Å²) in [7, 11) is 0. The van der Waals surface area contributed by atoms with Gasteiger partial charge in [-0.2, -0.15) is 0 Å². The topological polar surface area (TPSA) is 0 Å². The summed E-state index contributed by atoms with van der Waals surface area (Å²) in [4.78, 5) is 0. The predicted molar refractivity (Wildman–Crippen MR) is 51.0 cm³/mol. The van der Waals surface area contributed by atoms with Crippen molar-refractivity contribution in [1.29, 1.82) is 0 Å². The van der Waals surface area contributed by atoms with Gasteiger partial charge in [0.25, 0.3) is 0 Å². The quantitative estimate of drug-likeness (QED) is 0.363. The molecular formula is C6H12Na3. The van der Waals surface area contributed by atoms with Crippen molar-refractivity contribution < 1.29 is 0 Å². The Kier molecular flexibility index (Phi) is 842. The zero-order valence-electron chi connectivity index (χ0n) is 7.24. The molecule has 0 aliphatic rings. The molecule has 0 amide bonds. The van der Waals surface area contributed by atoms with Gasteiger partial charge in [0, 0.05) is 88.7 Å². The SMILES string of the molecule is C=C.C=C.C=C.[Na].[Na].[Na]. The summed E-state index contributed by atoms with van der Waals surface area (Å²) in [6.45, 7) is 18.0. The van der Waals surface area contributed by atoms with Gasteiger partial charge in [-0.15, -0.1) is 39.5 Å². The van der Waals surface area contributed by atoms with Gasteiger partial charge in [-0.05, 0) is 0 Å². The van der Waals surface area contributed by atoms with Crippen LogP contribution in [0.1, 0.15) is 0 Å². The Morgan fingerprint density at radius 3 is 0.333 bits per heavy atom. The first-order valence-corrected chi connectivity index (χ1v) is 1.50. The van der Waals surface area contributed by atoms with Crippen LogP contribution in [0.5, 0.6) is 0 Å². The molecule has 0 unspecified atom stereocenters. The Morgan fingerprint density at radius 1 is 0.333 bits per heavy atom. The van der Waals surface area contributed by atoms with Crippen molar-refractivity contribution in [1.82, 2.24) is 0 Å². The summed E-state index contributed by atoms with van der Waals surface area (Å²) < 4.78 is 0. The zero-order valence-corrected chi connectivity index (χ0v) is 13.2.